The molecule has 5 aromatic rings. The van der Waals surface area contributed by atoms with E-state index in [0.29, 0.717) is 5.56 Å². The van der Waals surface area contributed by atoms with Gasteiger partial charge in [-0.15, -0.1) is 23.3 Å². The molecule has 0 N–H and O–H groups in total. The number of hydrogen-bond donors (Lipinski definition) is 0. The summed E-state index contributed by atoms with van der Waals surface area (Å²) in [6, 6.07) is 25.6. The van der Waals surface area contributed by atoms with Crippen molar-refractivity contribution < 1.29 is 33.6 Å². The first-order valence-electron chi connectivity index (χ1n) is 11.9. The molecular formula is C33H29FIrN2-2. The molecule has 0 saturated carbocycles. The van der Waals surface area contributed by atoms with Crippen LogP contribution >= 0.6 is 0 Å². The number of pyridine rings is 2. The second-order valence-corrected chi connectivity index (χ2v) is 9.70. The molecule has 0 amide bonds. The van der Waals surface area contributed by atoms with E-state index in [2.05, 4.69) is 66.1 Å². The Labute approximate surface area is 232 Å². The van der Waals surface area contributed by atoms with Crippen LogP contribution in [-0.4, -0.2) is 0 Å². The molecule has 3 aromatic carbocycles. The van der Waals surface area contributed by atoms with Crippen LogP contribution in [0.2, 0.25) is 0 Å². The topological polar surface area (TPSA) is 7.76 Å². The molecule has 4 heteroatoms. The maximum absolute atomic E-state index is 14.7. The van der Waals surface area contributed by atoms with Gasteiger partial charge in [0.25, 0.3) is 0 Å². The minimum absolute atomic E-state index is 0. The van der Waals surface area contributed by atoms with Crippen molar-refractivity contribution in [1.82, 2.24) is 0 Å². The minimum atomic E-state index is -0.409. The predicted molar refractivity (Wildman–Crippen MR) is 144 cm³/mol. The van der Waals surface area contributed by atoms with Crippen LogP contribution in [0.25, 0.3) is 33.3 Å². The van der Waals surface area contributed by atoms with Gasteiger partial charge in [-0.1, -0.05) is 67.9 Å². The maximum atomic E-state index is 14.7. The molecule has 189 valence electrons. The quantitative estimate of drug-likeness (QED) is 0.137. The van der Waals surface area contributed by atoms with Gasteiger partial charge in [-0.3, -0.25) is 0 Å². The zero-order valence-electron chi connectivity index (χ0n) is 21.1. The van der Waals surface area contributed by atoms with Gasteiger partial charge in [-0.25, -0.2) is 4.39 Å². The molecule has 0 spiro atoms. The summed E-state index contributed by atoms with van der Waals surface area (Å²) in [5.41, 5.74) is 7.34. The van der Waals surface area contributed by atoms with Crippen LogP contribution in [0.4, 0.5) is 4.39 Å². The van der Waals surface area contributed by atoms with E-state index in [-0.39, 0.29) is 25.9 Å². The van der Waals surface area contributed by atoms with Crippen LogP contribution in [0, 0.1) is 33.8 Å². The summed E-state index contributed by atoms with van der Waals surface area (Å²) in [4.78, 5) is 0. The Morgan fingerprint density at radius 3 is 2.19 bits per heavy atom. The number of nitrogens with zero attached hydrogens (tertiary/aromatic N) is 2. The zero-order chi connectivity index (χ0) is 25.6. The second kappa shape index (κ2) is 9.97. The van der Waals surface area contributed by atoms with Crippen molar-refractivity contribution in [3.63, 3.8) is 0 Å². The summed E-state index contributed by atoms with van der Waals surface area (Å²) in [5.74, 6) is -0.182. The molecule has 2 aromatic heterocycles. The molecule has 0 saturated heterocycles. The van der Waals surface area contributed by atoms with Gasteiger partial charge in [-0.2, -0.15) is 37.1 Å². The summed E-state index contributed by atoms with van der Waals surface area (Å²) in [5, 5.41) is 2.29. The Kier molecular flexibility index (Phi) is 7.10. The summed E-state index contributed by atoms with van der Waals surface area (Å²) in [6.45, 7) is 12.3. The van der Waals surface area contributed by atoms with Crippen molar-refractivity contribution in [1.29, 1.82) is 0 Å². The standard InChI is InChI=1S/C20H17FN.C13H12N.Ir/c1-12-8-9-15(21)18-16(12)19-17-13(10-11-22(19)4)6-5-7-14(17)20(18,2)3;1-11-7-3-4-8-12(11)13-9-5-6-10-14(13)2;/h5-11H,1,4H2,2-3H3;3-10H,1-2H2;/q2*-1;. The molecule has 1 radical (unpaired) electrons. The normalized spacial score (nSPS) is 12.6. The van der Waals surface area contributed by atoms with Crippen LogP contribution in [0.15, 0.2) is 91.3 Å². The van der Waals surface area contributed by atoms with Crippen molar-refractivity contribution in [2.75, 3.05) is 0 Å². The Morgan fingerprint density at radius 2 is 1.46 bits per heavy atom. The van der Waals surface area contributed by atoms with E-state index in [9.17, 15) is 4.39 Å². The Balaban J connectivity index is 0.000000186. The molecule has 2 heterocycles. The molecule has 0 aliphatic heterocycles. The number of halogens is 1. The van der Waals surface area contributed by atoms with E-state index < -0.39 is 5.41 Å². The minimum Gasteiger partial charge on any atom is -0.343 e. The molecule has 37 heavy (non-hydrogen) atoms. The van der Waals surface area contributed by atoms with Crippen LogP contribution in [0.3, 0.4) is 0 Å². The van der Waals surface area contributed by atoms with Gasteiger partial charge in [0.15, 0.2) is 0 Å². The van der Waals surface area contributed by atoms with Crippen molar-refractivity contribution in [3.8, 4) is 22.5 Å². The average Bonchev–Trinajstić information content (AvgIpc) is 2.86. The average molecular weight is 665 g/mol. The monoisotopic (exact) mass is 665 g/mol. The summed E-state index contributed by atoms with van der Waals surface area (Å²) >= 11 is 0. The van der Waals surface area contributed by atoms with E-state index in [1.807, 2.05) is 64.0 Å². The Bertz CT molecular complexity index is 1580. The molecule has 0 atom stereocenters. The van der Waals surface area contributed by atoms with E-state index in [1.165, 1.54) is 6.07 Å². The zero-order valence-corrected chi connectivity index (χ0v) is 23.5. The smallest absolute Gasteiger partial charge is 0.102 e. The fourth-order valence-corrected chi connectivity index (χ4v) is 5.28. The van der Waals surface area contributed by atoms with Crippen molar-refractivity contribution in [3.05, 3.63) is 147 Å². The molecule has 0 fully saturated rings. The van der Waals surface area contributed by atoms with E-state index in [0.717, 1.165) is 50.0 Å². The van der Waals surface area contributed by atoms with Gasteiger partial charge in [0, 0.05) is 39.6 Å². The Hall–Kier alpha value is -3.72. The summed E-state index contributed by atoms with van der Waals surface area (Å²) < 4.78 is 18.4. The fourth-order valence-electron chi connectivity index (χ4n) is 5.28. The first-order chi connectivity index (χ1) is 17.2. The predicted octanol–water partition coefficient (Wildman–Crippen LogP) is 6.86. The maximum Gasteiger partial charge on any atom is 0.102 e. The van der Waals surface area contributed by atoms with E-state index in [1.54, 1.807) is 6.07 Å². The largest absolute Gasteiger partial charge is 0.343 e. The van der Waals surface area contributed by atoms with Crippen LogP contribution in [0.5, 0.6) is 0 Å². The number of rotatable bonds is 1. The molecule has 2 nitrogen and oxygen atoms in total. The third-order valence-corrected chi connectivity index (χ3v) is 7.06. The van der Waals surface area contributed by atoms with E-state index >= 15 is 0 Å². The third kappa shape index (κ3) is 4.37. The summed E-state index contributed by atoms with van der Waals surface area (Å²) in [6.07, 6.45) is 3.86. The van der Waals surface area contributed by atoms with Gasteiger partial charge in [-0.05, 0) is 22.4 Å². The van der Waals surface area contributed by atoms with Crippen LogP contribution < -0.4 is 9.13 Å². The van der Waals surface area contributed by atoms with Gasteiger partial charge in [0.1, 0.15) is 5.82 Å². The molecule has 1 aliphatic rings. The first kappa shape index (κ1) is 26.3. The molecule has 0 bridgehead atoms. The van der Waals surface area contributed by atoms with Crippen molar-refractivity contribution >= 4 is 10.8 Å². The number of aromatic nitrogens is 2. The van der Waals surface area contributed by atoms with Gasteiger partial charge in [0.05, 0.1) is 23.8 Å². The molecular weight excluding hydrogens is 636 g/mol. The SMILES string of the molecule is [CH2-]c1ccc(F)c2c1-c1c3c(cccc3cc[n+]1[CH2-])C2(C)C.[CH2-]c1ccccc1-c1cccc[n+]1[CH2-].[Ir]. The van der Waals surface area contributed by atoms with Gasteiger partial charge < -0.3 is 9.13 Å². The second-order valence-electron chi connectivity index (χ2n) is 9.70. The van der Waals surface area contributed by atoms with Crippen molar-refractivity contribution in [2.45, 2.75) is 19.3 Å². The van der Waals surface area contributed by atoms with Crippen LogP contribution in [0.1, 0.15) is 36.1 Å². The van der Waals surface area contributed by atoms with Gasteiger partial charge in [0.2, 0.25) is 0 Å². The fraction of sp³-hybridized carbons (Fsp3) is 0.0909. The number of benzene rings is 3. The van der Waals surface area contributed by atoms with Gasteiger partial charge >= 0.3 is 0 Å². The van der Waals surface area contributed by atoms with E-state index in [4.69, 9.17) is 0 Å². The molecule has 6 rings (SSSR count). The number of hydrogen-bond acceptors (Lipinski definition) is 0. The first-order valence-corrected chi connectivity index (χ1v) is 11.9. The Morgan fingerprint density at radius 1 is 0.730 bits per heavy atom. The molecule has 1 aliphatic carbocycles. The number of fused-ring (bicyclic) bond motifs is 2. The third-order valence-electron chi connectivity index (χ3n) is 7.06. The van der Waals surface area contributed by atoms with Crippen molar-refractivity contribution in [2.24, 2.45) is 0 Å². The van der Waals surface area contributed by atoms with Crippen LogP contribution in [-0.2, 0) is 25.5 Å². The molecule has 0 unspecified atom stereocenters. The summed E-state index contributed by atoms with van der Waals surface area (Å²) in [7, 11) is 8.03.